The number of carbonyl (C=O) groups is 2. The van der Waals surface area contributed by atoms with Crippen molar-refractivity contribution in [2.45, 2.75) is 25.7 Å². The molecule has 1 saturated heterocycles. The normalized spacial score (nSPS) is 14.7. The molecule has 0 N–H and O–H groups in total. The summed E-state index contributed by atoms with van der Waals surface area (Å²) in [6.45, 7) is 6.00. The molecule has 1 fully saturated rings. The van der Waals surface area contributed by atoms with Gasteiger partial charge < -0.3 is 13.7 Å². The van der Waals surface area contributed by atoms with Crippen LogP contribution in [-0.4, -0.2) is 44.7 Å². The zero-order chi connectivity index (χ0) is 27.4. The van der Waals surface area contributed by atoms with Crippen molar-refractivity contribution < 1.29 is 31.7 Å². The van der Waals surface area contributed by atoms with Gasteiger partial charge in [-0.15, -0.1) is 0 Å². The number of nitrogens with zero attached hydrogens (tertiary/aromatic N) is 1. The van der Waals surface area contributed by atoms with Crippen LogP contribution in [0.3, 0.4) is 0 Å². The van der Waals surface area contributed by atoms with Crippen LogP contribution in [0.25, 0.3) is 6.08 Å². The van der Waals surface area contributed by atoms with Gasteiger partial charge in [0.05, 0.1) is 18.6 Å². The number of carbonyl (C=O) groups excluding carboxylic acids is 2. The third kappa shape index (κ3) is 6.20. The Bertz CT molecular complexity index is 1510. The summed E-state index contributed by atoms with van der Waals surface area (Å²) in [7, 11) is -2.73. The number of amides is 2. The second kappa shape index (κ2) is 11.3. The number of aryl methyl sites for hydroxylation is 3. The van der Waals surface area contributed by atoms with E-state index in [4.69, 9.17) is 13.7 Å². The molecule has 1 aliphatic heterocycles. The van der Waals surface area contributed by atoms with Crippen LogP contribution in [0.5, 0.6) is 17.2 Å². The lowest BCUT2D eigenvalue weighted by atomic mass is 10.1. The Morgan fingerprint density at radius 2 is 1.58 bits per heavy atom. The molecule has 0 unspecified atom stereocenters. The minimum Gasteiger partial charge on any atom is -0.493 e. The molecule has 0 bridgehead atoms. The highest BCUT2D eigenvalue weighted by Crippen LogP contribution is 2.35. The Morgan fingerprint density at radius 1 is 0.868 bits per heavy atom. The molecule has 3 aromatic rings. The van der Waals surface area contributed by atoms with Gasteiger partial charge in [-0.3, -0.25) is 14.5 Å². The number of methoxy groups -OCH3 is 1. The summed E-state index contributed by atoms with van der Waals surface area (Å²) in [6, 6.07) is 16.7. The number of rotatable bonds is 9. The second-order valence-electron chi connectivity index (χ2n) is 8.71. The number of ether oxygens (including phenoxy) is 2. The molecule has 198 valence electrons. The largest absolute Gasteiger partial charge is 0.493 e. The number of imide groups is 1. The Kier molecular flexibility index (Phi) is 8.13. The van der Waals surface area contributed by atoms with Gasteiger partial charge in [0, 0.05) is 0 Å². The minimum atomic E-state index is -4.12. The molecule has 0 radical (unpaired) electrons. The van der Waals surface area contributed by atoms with Crippen molar-refractivity contribution in [3.05, 3.63) is 87.8 Å². The maximum atomic E-state index is 12.9. The first-order valence-electron chi connectivity index (χ1n) is 11.7. The molecular weight excluding hydrogens is 526 g/mol. The molecule has 1 heterocycles. The van der Waals surface area contributed by atoms with Gasteiger partial charge in [-0.05, 0) is 85.6 Å². The van der Waals surface area contributed by atoms with Crippen molar-refractivity contribution in [1.82, 2.24) is 4.90 Å². The van der Waals surface area contributed by atoms with E-state index in [0.717, 1.165) is 33.4 Å². The summed E-state index contributed by atoms with van der Waals surface area (Å²) in [5.41, 5.74) is 3.40. The molecule has 0 aromatic heterocycles. The summed E-state index contributed by atoms with van der Waals surface area (Å²) in [5.74, 6) is 0.423. The molecule has 1 aliphatic rings. The van der Waals surface area contributed by atoms with Gasteiger partial charge in [0.2, 0.25) is 0 Å². The SMILES string of the molecule is COc1ccc(/C=C2\SC(=O)N(CCOc3cc(C)ccc3C)C2=O)cc1OS(=O)(=O)c1ccc(C)cc1. The molecule has 3 aromatic carbocycles. The number of hydrogen-bond donors (Lipinski definition) is 0. The predicted octanol–water partition coefficient (Wildman–Crippen LogP) is 5.50. The number of thioether (sulfide) groups is 1. The average Bonchev–Trinajstić information content (AvgIpc) is 3.13. The van der Waals surface area contributed by atoms with E-state index in [2.05, 4.69) is 0 Å². The molecule has 0 saturated carbocycles. The maximum absolute atomic E-state index is 12.9. The lowest BCUT2D eigenvalue weighted by Crippen LogP contribution is -2.32. The third-order valence-electron chi connectivity index (χ3n) is 5.78. The minimum absolute atomic E-state index is 0.000230. The van der Waals surface area contributed by atoms with Crippen LogP contribution in [0.15, 0.2) is 70.5 Å². The topological polar surface area (TPSA) is 99.2 Å². The van der Waals surface area contributed by atoms with Crippen LogP contribution in [0, 0.1) is 20.8 Å². The lowest BCUT2D eigenvalue weighted by molar-refractivity contribution is -0.123. The van der Waals surface area contributed by atoms with E-state index >= 15 is 0 Å². The van der Waals surface area contributed by atoms with Crippen LogP contribution in [0.1, 0.15) is 22.3 Å². The van der Waals surface area contributed by atoms with Crippen molar-refractivity contribution in [1.29, 1.82) is 0 Å². The molecule has 0 atom stereocenters. The standard InChI is InChI=1S/C28H27NO7S2/c1-18-6-10-22(11-7-18)38(32,33)36-25-16-21(9-12-23(25)34-4)17-26-27(30)29(28(31)37-26)13-14-35-24-15-19(2)5-8-20(24)3/h5-12,15-17H,13-14H2,1-4H3/b26-17-. The van der Waals surface area contributed by atoms with E-state index < -0.39 is 21.3 Å². The second-order valence-corrected chi connectivity index (χ2v) is 11.3. The first-order valence-corrected chi connectivity index (χ1v) is 13.9. The van der Waals surface area contributed by atoms with E-state index in [0.29, 0.717) is 11.3 Å². The smallest absolute Gasteiger partial charge is 0.339 e. The number of benzene rings is 3. The first-order chi connectivity index (χ1) is 18.1. The lowest BCUT2D eigenvalue weighted by Gasteiger charge is -2.14. The average molecular weight is 554 g/mol. The van der Waals surface area contributed by atoms with Crippen molar-refractivity contribution in [3.8, 4) is 17.2 Å². The number of hydrogen-bond acceptors (Lipinski definition) is 8. The van der Waals surface area contributed by atoms with Crippen molar-refractivity contribution >= 4 is 39.1 Å². The van der Waals surface area contributed by atoms with Crippen LogP contribution >= 0.6 is 11.8 Å². The summed E-state index contributed by atoms with van der Waals surface area (Å²) in [4.78, 5) is 26.8. The Balaban J connectivity index is 1.49. The van der Waals surface area contributed by atoms with Gasteiger partial charge in [0.1, 0.15) is 17.3 Å². The summed E-state index contributed by atoms with van der Waals surface area (Å²) >= 11 is 0.808. The van der Waals surface area contributed by atoms with Gasteiger partial charge in [0.15, 0.2) is 11.5 Å². The van der Waals surface area contributed by atoms with Gasteiger partial charge in [0.25, 0.3) is 11.1 Å². The van der Waals surface area contributed by atoms with E-state index in [9.17, 15) is 18.0 Å². The molecular formula is C28H27NO7S2. The Morgan fingerprint density at radius 3 is 2.29 bits per heavy atom. The van der Waals surface area contributed by atoms with Gasteiger partial charge >= 0.3 is 10.1 Å². The van der Waals surface area contributed by atoms with Crippen molar-refractivity contribution in [3.63, 3.8) is 0 Å². The highest BCUT2D eigenvalue weighted by atomic mass is 32.2. The fourth-order valence-corrected chi connectivity index (χ4v) is 5.47. The maximum Gasteiger partial charge on any atom is 0.339 e. The van der Waals surface area contributed by atoms with E-state index in [1.807, 2.05) is 39.0 Å². The Hall–Kier alpha value is -3.76. The fourth-order valence-electron chi connectivity index (χ4n) is 3.67. The van der Waals surface area contributed by atoms with Crippen LogP contribution in [-0.2, 0) is 14.9 Å². The van der Waals surface area contributed by atoms with E-state index in [-0.39, 0.29) is 34.5 Å². The van der Waals surface area contributed by atoms with Crippen molar-refractivity contribution in [2.24, 2.45) is 0 Å². The molecule has 8 nitrogen and oxygen atoms in total. The molecule has 38 heavy (non-hydrogen) atoms. The first kappa shape index (κ1) is 27.3. The highest BCUT2D eigenvalue weighted by Gasteiger charge is 2.35. The molecule has 0 spiro atoms. The third-order valence-corrected chi connectivity index (χ3v) is 7.94. The molecule has 2 amide bonds. The quantitative estimate of drug-likeness (QED) is 0.253. The Labute approximate surface area is 226 Å². The predicted molar refractivity (Wildman–Crippen MR) is 146 cm³/mol. The molecule has 4 rings (SSSR count). The fraction of sp³-hybridized carbons (Fsp3) is 0.214. The van der Waals surface area contributed by atoms with Crippen molar-refractivity contribution in [2.75, 3.05) is 20.3 Å². The molecule has 10 heteroatoms. The highest BCUT2D eigenvalue weighted by molar-refractivity contribution is 8.18. The van der Waals surface area contributed by atoms with Crippen LogP contribution in [0.2, 0.25) is 0 Å². The summed E-state index contributed by atoms with van der Waals surface area (Å²) < 4.78 is 42.0. The van der Waals surface area contributed by atoms with E-state index in [1.54, 1.807) is 18.2 Å². The van der Waals surface area contributed by atoms with Crippen LogP contribution in [0.4, 0.5) is 4.79 Å². The summed E-state index contributed by atoms with van der Waals surface area (Å²) in [5, 5.41) is -0.405. The van der Waals surface area contributed by atoms with Gasteiger partial charge in [-0.2, -0.15) is 8.42 Å². The molecule has 0 aliphatic carbocycles. The van der Waals surface area contributed by atoms with E-state index in [1.165, 1.54) is 37.5 Å². The van der Waals surface area contributed by atoms with Gasteiger partial charge in [-0.1, -0.05) is 35.9 Å². The van der Waals surface area contributed by atoms with Gasteiger partial charge in [-0.25, -0.2) is 0 Å². The zero-order valence-corrected chi connectivity index (χ0v) is 23.0. The monoisotopic (exact) mass is 553 g/mol. The van der Waals surface area contributed by atoms with Crippen LogP contribution < -0.4 is 13.7 Å². The summed E-state index contributed by atoms with van der Waals surface area (Å²) in [6.07, 6.45) is 1.52. The zero-order valence-electron chi connectivity index (χ0n) is 21.4.